The lowest BCUT2D eigenvalue weighted by atomic mass is 9.89. The van der Waals surface area contributed by atoms with Gasteiger partial charge in [-0.2, -0.15) is 0 Å². The number of nitrogens with one attached hydrogen (secondary N) is 1. The molecule has 0 radical (unpaired) electrons. The van der Waals surface area contributed by atoms with E-state index >= 15 is 0 Å². The number of amides is 1. The van der Waals surface area contributed by atoms with Crippen LogP contribution in [-0.2, 0) is 4.79 Å². The van der Waals surface area contributed by atoms with E-state index in [1.807, 2.05) is 11.9 Å². The molecule has 1 rings (SSSR count). The van der Waals surface area contributed by atoms with Crippen LogP contribution in [0.5, 0.6) is 0 Å². The molecule has 0 aromatic heterocycles. The molecule has 94 valence electrons. The molecule has 1 heterocycles. The normalized spacial score (nSPS) is 26.6. The Bertz CT molecular complexity index is 245. The van der Waals surface area contributed by atoms with Gasteiger partial charge in [0.2, 0.25) is 5.91 Å². The highest BCUT2D eigenvalue weighted by Gasteiger charge is 2.30. The zero-order valence-corrected chi connectivity index (χ0v) is 11.3. The topological polar surface area (TPSA) is 32.3 Å². The Labute approximate surface area is 99.6 Å². The first kappa shape index (κ1) is 13.5. The Balaban J connectivity index is 2.55. The second-order valence-electron chi connectivity index (χ2n) is 6.25. The molecule has 1 N–H and O–H groups in total. The third kappa shape index (κ3) is 3.78. The molecule has 0 saturated carbocycles. The highest BCUT2D eigenvalue weighted by molar-refractivity contribution is 5.79. The standard InChI is InChI=1S/C13H26N2O/c1-10-11(7-6-8-14-10)12(16)15(5)9-13(2,3)4/h10-11,14H,6-9H2,1-5H3. The van der Waals surface area contributed by atoms with Crippen LogP contribution in [0.2, 0.25) is 0 Å². The minimum atomic E-state index is 0.168. The maximum atomic E-state index is 12.3. The maximum Gasteiger partial charge on any atom is 0.227 e. The van der Waals surface area contributed by atoms with Crippen molar-refractivity contribution in [1.29, 1.82) is 0 Å². The predicted molar refractivity (Wildman–Crippen MR) is 67.3 cm³/mol. The zero-order valence-electron chi connectivity index (χ0n) is 11.3. The van der Waals surface area contributed by atoms with E-state index in [1.165, 1.54) is 0 Å². The van der Waals surface area contributed by atoms with Gasteiger partial charge in [-0.3, -0.25) is 4.79 Å². The molecule has 0 aromatic carbocycles. The molecular weight excluding hydrogens is 200 g/mol. The van der Waals surface area contributed by atoms with E-state index in [0.29, 0.717) is 11.9 Å². The fourth-order valence-electron chi connectivity index (χ4n) is 2.45. The maximum absolute atomic E-state index is 12.3. The number of hydrogen-bond acceptors (Lipinski definition) is 2. The van der Waals surface area contributed by atoms with Gasteiger partial charge >= 0.3 is 0 Å². The molecule has 0 aromatic rings. The summed E-state index contributed by atoms with van der Waals surface area (Å²) in [5.74, 6) is 0.468. The molecule has 1 aliphatic heterocycles. The lowest BCUT2D eigenvalue weighted by molar-refractivity contribution is -0.137. The highest BCUT2D eigenvalue weighted by atomic mass is 16.2. The Kier molecular flexibility index (Phi) is 4.36. The summed E-state index contributed by atoms with van der Waals surface area (Å²) in [5.41, 5.74) is 0.176. The van der Waals surface area contributed by atoms with Gasteiger partial charge in [-0.15, -0.1) is 0 Å². The van der Waals surface area contributed by atoms with Crippen LogP contribution in [0, 0.1) is 11.3 Å². The Morgan fingerprint density at radius 2 is 2.06 bits per heavy atom. The Morgan fingerprint density at radius 1 is 1.44 bits per heavy atom. The van der Waals surface area contributed by atoms with Crippen LogP contribution in [0.15, 0.2) is 0 Å². The van der Waals surface area contributed by atoms with Crippen molar-refractivity contribution in [3.05, 3.63) is 0 Å². The van der Waals surface area contributed by atoms with E-state index < -0.39 is 0 Å². The van der Waals surface area contributed by atoms with Gasteiger partial charge in [0, 0.05) is 19.6 Å². The van der Waals surface area contributed by atoms with Gasteiger partial charge in [0.1, 0.15) is 0 Å². The first-order valence-electron chi connectivity index (χ1n) is 6.29. The molecule has 2 unspecified atom stereocenters. The Hall–Kier alpha value is -0.570. The molecule has 3 heteroatoms. The van der Waals surface area contributed by atoms with Gasteiger partial charge in [-0.1, -0.05) is 20.8 Å². The minimum Gasteiger partial charge on any atom is -0.345 e. The van der Waals surface area contributed by atoms with Gasteiger partial charge < -0.3 is 10.2 Å². The number of hydrogen-bond donors (Lipinski definition) is 1. The van der Waals surface area contributed by atoms with Crippen molar-refractivity contribution in [2.24, 2.45) is 11.3 Å². The van der Waals surface area contributed by atoms with Crippen molar-refractivity contribution in [3.8, 4) is 0 Å². The van der Waals surface area contributed by atoms with Gasteiger partial charge in [-0.05, 0) is 31.7 Å². The minimum absolute atomic E-state index is 0.168. The number of rotatable bonds is 2. The van der Waals surface area contributed by atoms with E-state index in [9.17, 15) is 4.79 Å². The molecule has 1 amide bonds. The summed E-state index contributed by atoms with van der Waals surface area (Å²) in [5, 5.41) is 3.38. The van der Waals surface area contributed by atoms with E-state index in [4.69, 9.17) is 0 Å². The summed E-state index contributed by atoms with van der Waals surface area (Å²) in [6.07, 6.45) is 2.14. The first-order chi connectivity index (χ1) is 7.31. The van der Waals surface area contributed by atoms with Crippen molar-refractivity contribution >= 4 is 5.91 Å². The largest absolute Gasteiger partial charge is 0.345 e. The van der Waals surface area contributed by atoms with Crippen LogP contribution in [0.1, 0.15) is 40.5 Å². The van der Waals surface area contributed by atoms with E-state index in [2.05, 4.69) is 33.0 Å². The van der Waals surface area contributed by atoms with Crippen LogP contribution in [0.25, 0.3) is 0 Å². The lowest BCUT2D eigenvalue weighted by Gasteiger charge is -2.34. The van der Waals surface area contributed by atoms with Crippen molar-refractivity contribution in [2.45, 2.75) is 46.6 Å². The molecule has 1 fully saturated rings. The van der Waals surface area contributed by atoms with E-state index in [-0.39, 0.29) is 11.3 Å². The monoisotopic (exact) mass is 226 g/mol. The highest BCUT2D eigenvalue weighted by Crippen LogP contribution is 2.21. The number of carbonyl (C=O) groups is 1. The smallest absolute Gasteiger partial charge is 0.227 e. The summed E-state index contributed by atoms with van der Waals surface area (Å²) in [4.78, 5) is 14.2. The van der Waals surface area contributed by atoms with Gasteiger partial charge in [0.15, 0.2) is 0 Å². The molecule has 0 spiro atoms. The van der Waals surface area contributed by atoms with Crippen molar-refractivity contribution in [2.75, 3.05) is 20.1 Å². The molecular formula is C13H26N2O. The summed E-state index contributed by atoms with van der Waals surface area (Å²) < 4.78 is 0. The average Bonchev–Trinajstić information content (AvgIpc) is 2.15. The SMILES string of the molecule is CC1NCCCC1C(=O)N(C)CC(C)(C)C. The van der Waals surface area contributed by atoms with Gasteiger partial charge in [0.05, 0.1) is 5.92 Å². The number of piperidine rings is 1. The fraction of sp³-hybridized carbons (Fsp3) is 0.923. The summed E-state index contributed by atoms with van der Waals surface area (Å²) in [7, 11) is 1.93. The quantitative estimate of drug-likeness (QED) is 0.779. The molecule has 1 saturated heterocycles. The van der Waals surface area contributed by atoms with Gasteiger partial charge in [0.25, 0.3) is 0 Å². The number of nitrogens with zero attached hydrogens (tertiary/aromatic N) is 1. The van der Waals surface area contributed by atoms with Gasteiger partial charge in [-0.25, -0.2) is 0 Å². The van der Waals surface area contributed by atoms with Crippen LogP contribution in [0.3, 0.4) is 0 Å². The summed E-state index contributed by atoms with van der Waals surface area (Å²) in [6, 6.07) is 0.323. The predicted octanol–water partition coefficient (Wildman–Crippen LogP) is 1.88. The first-order valence-corrected chi connectivity index (χ1v) is 6.29. The summed E-state index contributed by atoms with van der Waals surface area (Å²) >= 11 is 0. The summed E-state index contributed by atoms with van der Waals surface area (Å²) in [6.45, 7) is 10.5. The second-order valence-corrected chi connectivity index (χ2v) is 6.25. The fourth-order valence-corrected chi connectivity index (χ4v) is 2.45. The molecule has 1 aliphatic rings. The van der Waals surface area contributed by atoms with Crippen LogP contribution < -0.4 is 5.32 Å². The Morgan fingerprint density at radius 3 is 2.56 bits per heavy atom. The van der Waals surface area contributed by atoms with E-state index in [0.717, 1.165) is 25.9 Å². The zero-order chi connectivity index (χ0) is 12.3. The molecule has 0 aliphatic carbocycles. The number of carbonyl (C=O) groups excluding carboxylic acids is 1. The van der Waals surface area contributed by atoms with Crippen molar-refractivity contribution in [1.82, 2.24) is 10.2 Å². The van der Waals surface area contributed by atoms with Crippen LogP contribution in [0.4, 0.5) is 0 Å². The lowest BCUT2D eigenvalue weighted by Crippen LogP contribution is -2.48. The van der Waals surface area contributed by atoms with Crippen molar-refractivity contribution < 1.29 is 4.79 Å². The third-order valence-corrected chi connectivity index (χ3v) is 3.17. The molecule has 0 bridgehead atoms. The van der Waals surface area contributed by atoms with Crippen LogP contribution in [-0.4, -0.2) is 37.0 Å². The third-order valence-electron chi connectivity index (χ3n) is 3.17. The van der Waals surface area contributed by atoms with Crippen LogP contribution >= 0.6 is 0 Å². The molecule has 2 atom stereocenters. The molecule has 3 nitrogen and oxygen atoms in total. The van der Waals surface area contributed by atoms with E-state index in [1.54, 1.807) is 0 Å². The second kappa shape index (κ2) is 5.17. The molecule has 16 heavy (non-hydrogen) atoms. The van der Waals surface area contributed by atoms with Crippen molar-refractivity contribution in [3.63, 3.8) is 0 Å². The average molecular weight is 226 g/mol.